The van der Waals surface area contributed by atoms with E-state index in [1.54, 1.807) is 38.4 Å². The van der Waals surface area contributed by atoms with E-state index in [1.165, 1.54) is 9.80 Å². The zero-order valence-corrected chi connectivity index (χ0v) is 23.0. The van der Waals surface area contributed by atoms with Gasteiger partial charge in [-0.25, -0.2) is 0 Å². The molecule has 1 aliphatic heterocycles. The molecule has 10 heteroatoms. The van der Waals surface area contributed by atoms with Crippen LogP contribution in [0, 0.1) is 5.92 Å². The molecule has 210 valence electrons. The van der Waals surface area contributed by atoms with Crippen molar-refractivity contribution in [2.75, 3.05) is 40.4 Å². The Labute approximate surface area is 229 Å². The molecule has 2 N–H and O–H groups in total. The third-order valence-corrected chi connectivity index (χ3v) is 6.34. The number of carbonyl (C=O) groups is 4. The highest BCUT2D eigenvalue weighted by molar-refractivity contribution is 6.01. The van der Waals surface area contributed by atoms with Gasteiger partial charge in [-0.3, -0.25) is 19.2 Å². The Kier molecular flexibility index (Phi) is 10.7. The van der Waals surface area contributed by atoms with Crippen LogP contribution in [-0.4, -0.2) is 85.9 Å². The summed E-state index contributed by atoms with van der Waals surface area (Å²) in [6, 6.07) is 13.9. The number of likely N-dealkylation sites (N-methyl/N-ethyl adjacent to an activating group) is 2. The van der Waals surface area contributed by atoms with Gasteiger partial charge in [-0.2, -0.15) is 0 Å². The fourth-order valence-electron chi connectivity index (χ4n) is 4.21. The zero-order valence-electron chi connectivity index (χ0n) is 23.0. The van der Waals surface area contributed by atoms with Crippen LogP contribution in [0.25, 0.3) is 0 Å². The smallest absolute Gasteiger partial charge is 0.255 e. The molecule has 2 aromatic rings. The number of para-hydroxylation sites is 2. The molecule has 0 aliphatic carbocycles. The lowest BCUT2D eigenvalue weighted by Gasteiger charge is -2.28. The van der Waals surface area contributed by atoms with E-state index < -0.39 is 29.8 Å². The normalized spacial score (nSPS) is 18.8. The van der Waals surface area contributed by atoms with Crippen LogP contribution in [0.15, 0.2) is 54.6 Å². The average molecular weight is 539 g/mol. The Bertz CT molecular complexity index is 1140. The lowest BCUT2D eigenvalue weighted by Crippen LogP contribution is -2.53. The molecule has 10 nitrogen and oxygen atoms in total. The SMILES string of the molecule is CC(C)C[C@@H]1NC(=O)C[C@@H](C(=O)N(C)CCOc2ccccc2)NC(=O)c2ccccc2OCCN(C)C1=O. The summed E-state index contributed by atoms with van der Waals surface area (Å²) in [4.78, 5) is 55.9. The third-order valence-electron chi connectivity index (χ3n) is 6.34. The standard InChI is InChI=1S/C29H38N4O6/c1-20(2)18-23-28(36)33(4)15-17-39-25-13-9-8-12-22(25)27(35)31-24(19-26(34)30-23)29(37)32(3)14-16-38-21-10-6-5-7-11-21/h5-13,20,23-24H,14-19H2,1-4H3,(H,30,34)(H,31,35)/t23-,24-/m0/s1. The molecule has 3 rings (SSSR count). The van der Waals surface area contributed by atoms with Gasteiger partial charge in [0.05, 0.1) is 25.1 Å². The number of nitrogens with one attached hydrogen (secondary N) is 2. The van der Waals surface area contributed by atoms with Gasteiger partial charge >= 0.3 is 0 Å². The molecule has 2 atom stereocenters. The Morgan fingerprint density at radius 1 is 1.08 bits per heavy atom. The number of carbonyl (C=O) groups excluding carboxylic acids is 4. The number of hydrogen-bond acceptors (Lipinski definition) is 6. The Hall–Kier alpha value is -4.08. The summed E-state index contributed by atoms with van der Waals surface area (Å²) in [6.45, 7) is 4.82. The highest BCUT2D eigenvalue weighted by Crippen LogP contribution is 2.19. The largest absolute Gasteiger partial charge is 0.492 e. The Morgan fingerprint density at radius 3 is 2.49 bits per heavy atom. The van der Waals surface area contributed by atoms with E-state index in [1.807, 2.05) is 44.2 Å². The van der Waals surface area contributed by atoms with Gasteiger partial charge in [0, 0.05) is 14.1 Å². The number of ether oxygens (including phenoxy) is 2. The summed E-state index contributed by atoms with van der Waals surface area (Å²) in [6.07, 6.45) is 0.101. The molecule has 0 saturated heterocycles. The van der Waals surface area contributed by atoms with Crippen LogP contribution in [-0.2, 0) is 14.4 Å². The number of hydrogen-bond donors (Lipinski definition) is 2. The molecule has 1 heterocycles. The number of rotatable bonds is 7. The van der Waals surface area contributed by atoms with Gasteiger partial charge in [0.25, 0.3) is 5.91 Å². The highest BCUT2D eigenvalue weighted by atomic mass is 16.5. The molecule has 0 spiro atoms. The minimum Gasteiger partial charge on any atom is -0.492 e. The van der Waals surface area contributed by atoms with Crippen molar-refractivity contribution < 1.29 is 28.7 Å². The number of fused-ring (bicyclic) bond motifs is 1. The van der Waals surface area contributed by atoms with Crippen LogP contribution < -0.4 is 20.1 Å². The quantitative estimate of drug-likeness (QED) is 0.558. The molecule has 4 amide bonds. The van der Waals surface area contributed by atoms with Crippen LogP contribution in [0.4, 0.5) is 0 Å². The first-order valence-corrected chi connectivity index (χ1v) is 13.2. The topological polar surface area (TPSA) is 117 Å². The molecule has 0 unspecified atom stereocenters. The number of amides is 4. The lowest BCUT2D eigenvalue weighted by atomic mass is 10.0. The predicted molar refractivity (Wildman–Crippen MR) is 146 cm³/mol. The molecular weight excluding hydrogens is 500 g/mol. The van der Waals surface area contributed by atoms with Gasteiger partial charge in [-0.15, -0.1) is 0 Å². The fraction of sp³-hybridized carbons (Fsp3) is 0.448. The van der Waals surface area contributed by atoms with E-state index >= 15 is 0 Å². The van der Waals surface area contributed by atoms with E-state index in [0.717, 1.165) is 0 Å². The first-order valence-electron chi connectivity index (χ1n) is 13.2. The molecule has 0 aromatic heterocycles. The molecule has 0 radical (unpaired) electrons. The maximum atomic E-state index is 13.4. The van der Waals surface area contributed by atoms with Gasteiger partial charge in [-0.05, 0) is 36.6 Å². The summed E-state index contributed by atoms with van der Waals surface area (Å²) in [5, 5.41) is 5.50. The van der Waals surface area contributed by atoms with Crippen molar-refractivity contribution in [1.29, 1.82) is 0 Å². The van der Waals surface area contributed by atoms with Crippen molar-refractivity contribution >= 4 is 23.6 Å². The molecule has 2 aromatic carbocycles. The van der Waals surface area contributed by atoms with E-state index in [4.69, 9.17) is 9.47 Å². The first-order chi connectivity index (χ1) is 18.7. The van der Waals surface area contributed by atoms with Crippen molar-refractivity contribution in [1.82, 2.24) is 20.4 Å². The van der Waals surface area contributed by atoms with Crippen molar-refractivity contribution in [3.63, 3.8) is 0 Å². The molecular formula is C29H38N4O6. The minimum absolute atomic E-state index is 0.141. The minimum atomic E-state index is -1.16. The van der Waals surface area contributed by atoms with Gasteiger partial charge in [0.2, 0.25) is 17.7 Å². The van der Waals surface area contributed by atoms with Crippen LogP contribution >= 0.6 is 0 Å². The predicted octanol–water partition coefficient (Wildman–Crippen LogP) is 2.09. The van der Waals surface area contributed by atoms with Crippen molar-refractivity contribution in [2.45, 2.75) is 38.8 Å². The van der Waals surface area contributed by atoms with E-state index in [0.29, 0.717) is 17.9 Å². The molecule has 0 fully saturated rings. The first kappa shape index (κ1) is 29.5. The van der Waals surface area contributed by atoms with Crippen LogP contribution in [0.5, 0.6) is 11.5 Å². The van der Waals surface area contributed by atoms with Crippen LogP contribution in [0.3, 0.4) is 0 Å². The number of nitrogens with zero attached hydrogens (tertiary/aromatic N) is 2. The summed E-state index contributed by atoms with van der Waals surface area (Å²) >= 11 is 0. The van der Waals surface area contributed by atoms with Gasteiger partial charge in [-0.1, -0.05) is 44.2 Å². The second kappa shape index (κ2) is 14.2. The summed E-state index contributed by atoms with van der Waals surface area (Å²) < 4.78 is 11.5. The van der Waals surface area contributed by atoms with E-state index in [9.17, 15) is 19.2 Å². The maximum absolute atomic E-state index is 13.4. The van der Waals surface area contributed by atoms with E-state index in [2.05, 4.69) is 10.6 Å². The zero-order chi connectivity index (χ0) is 28.4. The second-order valence-corrected chi connectivity index (χ2v) is 10.0. The maximum Gasteiger partial charge on any atom is 0.255 e. The third kappa shape index (κ3) is 8.73. The van der Waals surface area contributed by atoms with Crippen molar-refractivity contribution in [3.05, 3.63) is 60.2 Å². The monoisotopic (exact) mass is 538 g/mol. The van der Waals surface area contributed by atoms with Gasteiger partial charge in [0.15, 0.2) is 0 Å². The Morgan fingerprint density at radius 2 is 1.77 bits per heavy atom. The van der Waals surface area contributed by atoms with Gasteiger partial charge in [0.1, 0.15) is 36.8 Å². The van der Waals surface area contributed by atoms with Crippen molar-refractivity contribution in [2.24, 2.45) is 5.92 Å². The average Bonchev–Trinajstić information content (AvgIpc) is 2.91. The number of benzene rings is 2. The van der Waals surface area contributed by atoms with Crippen LogP contribution in [0.1, 0.15) is 37.0 Å². The fourth-order valence-corrected chi connectivity index (χ4v) is 4.21. The molecule has 0 saturated carbocycles. The molecule has 0 bridgehead atoms. The summed E-state index contributed by atoms with van der Waals surface area (Å²) in [5.74, 6) is -0.596. The van der Waals surface area contributed by atoms with Crippen LogP contribution in [0.2, 0.25) is 0 Å². The molecule has 39 heavy (non-hydrogen) atoms. The Balaban J connectivity index is 1.82. The van der Waals surface area contributed by atoms with Crippen molar-refractivity contribution in [3.8, 4) is 11.5 Å². The molecule has 1 aliphatic rings. The summed E-state index contributed by atoms with van der Waals surface area (Å²) in [7, 11) is 3.23. The van der Waals surface area contributed by atoms with E-state index in [-0.39, 0.29) is 50.1 Å². The highest BCUT2D eigenvalue weighted by Gasteiger charge is 2.31. The van der Waals surface area contributed by atoms with Gasteiger partial charge < -0.3 is 29.9 Å². The lowest BCUT2D eigenvalue weighted by molar-refractivity contribution is -0.137. The second-order valence-electron chi connectivity index (χ2n) is 10.0. The summed E-state index contributed by atoms with van der Waals surface area (Å²) in [5.41, 5.74) is 0.231.